The molecule has 0 aliphatic heterocycles. The molecule has 1 aromatic heterocycles. The number of nitrogens with one attached hydrogen (secondary N) is 1. The van der Waals surface area contributed by atoms with E-state index in [-0.39, 0.29) is 12.0 Å². The van der Waals surface area contributed by atoms with Gasteiger partial charge in [0.1, 0.15) is 5.69 Å². The molecule has 1 amide bonds. The highest BCUT2D eigenvalue weighted by molar-refractivity contribution is 5.92. The first-order chi connectivity index (χ1) is 7.25. The van der Waals surface area contributed by atoms with Crippen molar-refractivity contribution in [1.82, 2.24) is 10.3 Å². The Hall–Kier alpha value is -1.42. The van der Waals surface area contributed by atoms with Crippen molar-refractivity contribution in [2.24, 2.45) is 5.92 Å². The van der Waals surface area contributed by atoms with E-state index in [1.165, 1.54) is 0 Å². The average Bonchev–Trinajstić information content (AvgIpc) is 2.23. The maximum absolute atomic E-state index is 11.5. The molecule has 1 fully saturated rings. The summed E-state index contributed by atoms with van der Waals surface area (Å²) in [6.07, 6.45) is 3.02. The predicted octanol–water partition coefficient (Wildman–Crippen LogP) is 0.582. The van der Waals surface area contributed by atoms with Gasteiger partial charge >= 0.3 is 0 Å². The van der Waals surface area contributed by atoms with E-state index in [2.05, 4.69) is 10.3 Å². The van der Waals surface area contributed by atoms with Crippen LogP contribution in [0.5, 0.6) is 0 Å². The SMILES string of the molecule is O=C(NCC1CC(O)C1)c1ccccn1. The Morgan fingerprint density at radius 1 is 1.53 bits per heavy atom. The molecule has 1 aromatic rings. The molecule has 0 atom stereocenters. The highest BCUT2D eigenvalue weighted by atomic mass is 16.3. The third kappa shape index (κ3) is 2.53. The second-order valence-electron chi connectivity index (χ2n) is 3.92. The first-order valence-electron chi connectivity index (χ1n) is 5.13. The Bertz CT molecular complexity index is 334. The summed E-state index contributed by atoms with van der Waals surface area (Å²) in [5.74, 6) is 0.282. The van der Waals surface area contributed by atoms with Gasteiger partial charge in [0.2, 0.25) is 0 Å². The van der Waals surface area contributed by atoms with Crippen molar-refractivity contribution >= 4 is 5.91 Å². The zero-order valence-electron chi connectivity index (χ0n) is 8.39. The lowest BCUT2D eigenvalue weighted by molar-refractivity contribution is 0.0419. The standard InChI is InChI=1S/C11H14N2O2/c14-9-5-8(6-9)7-13-11(15)10-3-1-2-4-12-10/h1-4,8-9,14H,5-7H2,(H,13,15). The normalized spacial score (nSPS) is 24.3. The molecular weight excluding hydrogens is 192 g/mol. The Labute approximate surface area is 88.3 Å². The van der Waals surface area contributed by atoms with E-state index in [1.807, 2.05) is 0 Å². The van der Waals surface area contributed by atoms with Crippen molar-refractivity contribution in [3.8, 4) is 0 Å². The fourth-order valence-electron chi connectivity index (χ4n) is 1.69. The molecule has 0 bridgehead atoms. The van der Waals surface area contributed by atoms with E-state index in [0.29, 0.717) is 18.2 Å². The zero-order chi connectivity index (χ0) is 10.7. The molecule has 2 rings (SSSR count). The van der Waals surface area contributed by atoms with Crippen LogP contribution in [0.15, 0.2) is 24.4 Å². The summed E-state index contributed by atoms with van der Waals surface area (Å²) in [5, 5.41) is 11.9. The molecule has 1 heterocycles. The van der Waals surface area contributed by atoms with Crippen LogP contribution in [0, 0.1) is 5.92 Å². The number of carbonyl (C=O) groups is 1. The summed E-state index contributed by atoms with van der Waals surface area (Å²) in [5.41, 5.74) is 0.442. The van der Waals surface area contributed by atoms with Crippen LogP contribution in [0.4, 0.5) is 0 Å². The Morgan fingerprint density at radius 2 is 2.33 bits per heavy atom. The van der Waals surface area contributed by atoms with Gasteiger partial charge in [-0.1, -0.05) is 6.07 Å². The van der Waals surface area contributed by atoms with Gasteiger partial charge in [-0.15, -0.1) is 0 Å². The van der Waals surface area contributed by atoms with E-state index < -0.39 is 0 Å². The van der Waals surface area contributed by atoms with E-state index in [1.54, 1.807) is 24.4 Å². The van der Waals surface area contributed by atoms with E-state index >= 15 is 0 Å². The van der Waals surface area contributed by atoms with Crippen LogP contribution < -0.4 is 5.32 Å². The molecule has 15 heavy (non-hydrogen) atoms. The van der Waals surface area contributed by atoms with Crippen LogP contribution in [-0.4, -0.2) is 28.6 Å². The molecule has 4 heteroatoms. The Morgan fingerprint density at radius 3 is 2.93 bits per heavy atom. The smallest absolute Gasteiger partial charge is 0.269 e. The number of hydrogen-bond acceptors (Lipinski definition) is 3. The topological polar surface area (TPSA) is 62.2 Å². The summed E-state index contributed by atoms with van der Waals surface area (Å²) < 4.78 is 0. The van der Waals surface area contributed by atoms with E-state index in [0.717, 1.165) is 12.8 Å². The number of aromatic nitrogens is 1. The average molecular weight is 206 g/mol. The Kier molecular flexibility index (Phi) is 2.97. The molecule has 1 saturated carbocycles. The largest absolute Gasteiger partial charge is 0.393 e. The van der Waals surface area contributed by atoms with E-state index in [9.17, 15) is 4.79 Å². The summed E-state index contributed by atoms with van der Waals surface area (Å²) in [4.78, 5) is 15.5. The summed E-state index contributed by atoms with van der Waals surface area (Å²) in [7, 11) is 0. The van der Waals surface area contributed by atoms with Gasteiger partial charge in [-0.05, 0) is 30.9 Å². The summed E-state index contributed by atoms with van der Waals surface area (Å²) in [6, 6.07) is 5.25. The molecule has 0 saturated heterocycles. The molecule has 4 nitrogen and oxygen atoms in total. The molecule has 0 aromatic carbocycles. The lowest BCUT2D eigenvalue weighted by Gasteiger charge is -2.31. The molecule has 0 spiro atoms. The first kappa shape index (κ1) is 10.1. The molecular formula is C11H14N2O2. The number of aliphatic hydroxyl groups excluding tert-OH is 1. The third-order valence-electron chi connectivity index (χ3n) is 2.66. The molecule has 1 aliphatic carbocycles. The second kappa shape index (κ2) is 4.40. The lowest BCUT2D eigenvalue weighted by atomic mass is 9.82. The summed E-state index contributed by atoms with van der Waals surface area (Å²) >= 11 is 0. The van der Waals surface area contributed by atoms with Gasteiger partial charge in [0.05, 0.1) is 6.10 Å². The predicted molar refractivity (Wildman–Crippen MR) is 55.3 cm³/mol. The minimum absolute atomic E-state index is 0.142. The number of hydrogen-bond donors (Lipinski definition) is 2. The third-order valence-corrected chi connectivity index (χ3v) is 2.66. The van der Waals surface area contributed by atoms with Gasteiger partial charge in [-0.2, -0.15) is 0 Å². The molecule has 2 N–H and O–H groups in total. The fourth-order valence-corrected chi connectivity index (χ4v) is 1.69. The minimum Gasteiger partial charge on any atom is -0.393 e. The first-order valence-corrected chi connectivity index (χ1v) is 5.13. The van der Waals surface area contributed by atoms with Gasteiger partial charge in [0.15, 0.2) is 0 Å². The molecule has 1 aliphatic rings. The van der Waals surface area contributed by atoms with E-state index in [4.69, 9.17) is 5.11 Å². The molecule has 0 radical (unpaired) electrons. The van der Waals surface area contributed by atoms with Gasteiger partial charge in [-0.25, -0.2) is 0 Å². The number of pyridine rings is 1. The highest BCUT2D eigenvalue weighted by Crippen LogP contribution is 2.26. The number of rotatable bonds is 3. The molecule has 0 unspecified atom stereocenters. The summed E-state index contributed by atoms with van der Waals surface area (Å²) in [6.45, 7) is 0.631. The maximum atomic E-state index is 11.5. The van der Waals surface area contributed by atoms with Crippen molar-refractivity contribution in [2.75, 3.05) is 6.54 Å². The monoisotopic (exact) mass is 206 g/mol. The minimum atomic E-state index is -0.165. The Balaban J connectivity index is 1.78. The second-order valence-corrected chi connectivity index (χ2v) is 3.92. The van der Waals surface area contributed by atoms with Crippen LogP contribution in [0.1, 0.15) is 23.3 Å². The quantitative estimate of drug-likeness (QED) is 0.760. The van der Waals surface area contributed by atoms with Crippen molar-refractivity contribution in [2.45, 2.75) is 18.9 Å². The number of nitrogens with zero attached hydrogens (tertiary/aromatic N) is 1. The maximum Gasteiger partial charge on any atom is 0.269 e. The number of aliphatic hydroxyl groups is 1. The van der Waals surface area contributed by atoms with Crippen molar-refractivity contribution < 1.29 is 9.90 Å². The highest BCUT2D eigenvalue weighted by Gasteiger charge is 2.27. The van der Waals surface area contributed by atoms with Crippen molar-refractivity contribution in [1.29, 1.82) is 0 Å². The lowest BCUT2D eigenvalue weighted by Crippen LogP contribution is -2.38. The van der Waals surface area contributed by atoms with Crippen LogP contribution in [-0.2, 0) is 0 Å². The van der Waals surface area contributed by atoms with Gasteiger partial charge in [0, 0.05) is 12.7 Å². The van der Waals surface area contributed by atoms with Gasteiger partial charge in [-0.3, -0.25) is 9.78 Å². The van der Waals surface area contributed by atoms with Crippen LogP contribution in [0.3, 0.4) is 0 Å². The van der Waals surface area contributed by atoms with Crippen molar-refractivity contribution in [3.63, 3.8) is 0 Å². The fraction of sp³-hybridized carbons (Fsp3) is 0.455. The van der Waals surface area contributed by atoms with Gasteiger partial charge in [0.25, 0.3) is 5.91 Å². The zero-order valence-corrected chi connectivity index (χ0v) is 8.39. The van der Waals surface area contributed by atoms with Crippen LogP contribution >= 0.6 is 0 Å². The van der Waals surface area contributed by atoms with Crippen LogP contribution in [0.2, 0.25) is 0 Å². The molecule has 80 valence electrons. The number of amides is 1. The van der Waals surface area contributed by atoms with Gasteiger partial charge < -0.3 is 10.4 Å². The van der Waals surface area contributed by atoms with Crippen LogP contribution in [0.25, 0.3) is 0 Å². The number of carbonyl (C=O) groups excluding carboxylic acids is 1. The van der Waals surface area contributed by atoms with Crippen molar-refractivity contribution in [3.05, 3.63) is 30.1 Å².